The highest BCUT2D eigenvalue weighted by Gasteiger charge is 2.11. The Morgan fingerprint density at radius 3 is 2.42 bits per heavy atom. The SMILES string of the molecule is CCN(c1ccccc1)c1cc(C)nc(Nc2cccc(C)c2)n1. The molecule has 122 valence electrons. The maximum absolute atomic E-state index is 4.71. The number of hydrogen-bond donors (Lipinski definition) is 1. The van der Waals surface area contributed by atoms with Crippen molar-refractivity contribution < 1.29 is 0 Å². The maximum atomic E-state index is 4.71. The minimum Gasteiger partial charge on any atom is -0.326 e. The van der Waals surface area contributed by atoms with Gasteiger partial charge in [-0.2, -0.15) is 4.98 Å². The third-order valence-corrected chi connectivity index (χ3v) is 3.78. The molecule has 0 amide bonds. The van der Waals surface area contributed by atoms with Gasteiger partial charge in [0.05, 0.1) is 0 Å². The summed E-state index contributed by atoms with van der Waals surface area (Å²) in [6.45, 7) is 7.02. The summed E-state index contributed by atoms with van der Waals surface area (Å²) in [6, 6.07) is 20.5. The second-order valence-corrected chi connectivity index (χ2v) is 5.77. The van der Waals surface area contributed by atoms with Crippen LogP contribution < -0.4 is 10.2 Å². The van der Waals surface area contributed by atoms with Gasteiger partial charge in [0.15, 0.2) is 0 Å². The molecule has 0 aliphatic rings. The van der Waals surface area contributed by atoms with Crippen molar-refractivity contribution in [3.05, 3.63) is 71.9 Å². The van der Waals surface area contributed by atoms with Crippen molar-refractivity contribution in [3.8, 4) is 0 Å². The smallest absolute Gasteiger partial charge is 0.229 e. The molecule has 24 heavy (non-hydrogen) atoms. The lowest BCUT2D eigenvalue weighted by atomic mass is 10.2. The van der Waals surface area contributed by atoms with Gasteiger partial charge in [-0.15, -0.1) is 0 Å². The summed E-state index contributed by atoms with van der Waals surface area (Å²) in [6.07, 6.45) is 0. The zero-order chi connectivity index (χ0) is 16.9. The average molecular weight is 318 g/mol. The first-order chi connectivity index (χ1) is 11.7. The Balaban J connectivity index is 1.93. The number of benzene rings is 2. The highest BCUT2D eigenvalue weighted by atomic mass is 15.2. The summed E-state index contributed by atoms with van der Waals surface area (Å²) < 4.78 is 0. The molecule has 2 aromatic carbocycles. The fraction of sp³-hybridized carbons (Fsp3) is 0.200. The third kappa shape index (κ3) is 3.71. The van der Waals surface area contributed by atoms with E-state index in [2.05, 4.69) is 53.3 Å². The van der Waals surface area contributed by atoms with Crippen molar-refractivity contribution in [2.24, 2.45) is 0 Å². The van der Waals surface area contributed by atoms with E-state index in [-0.39, 0.29) is 0 Å². The number of rotatable bonds is 5. The van der Waals surface area contributed by atoms with Gasteiger partial charge in [0.1, 0.15) is 5.82 Å². The van der Waals surface area contributed by atoms with Crippen molar-refractivity contribution in [2.45, 2.75) is 20.8 Å². The maximum Gasteiger partial charge on any atom is 0.229 e. The zero-order valence-electron chi connectivity index (χ0n) is 14.3. The molecule has 0 spiro atoms. The molecule has 1 heterocycles. The van der Waals surface area contributed by atoms with Crippen LogP contribution in [-0.4, -0.2) is 16.5 Å². The van der Waals surface area contributed by atoms with Crippen LogP contribution in [0.4, 0.5) is 23.1 Å². The third-order valence-electron chi connectivity index (χ3n) is 3.78. The van der Waals surface area contributed by atoms with Gasteiger partial charge in [0.25, 0.3) is 0 Å². The monoisotopic (exact) mass is 318 g/mol. The Bertz CT molecular complexity index is 815. The normalized spacial score (nSPS) is 10.5. The van der Waals surface area contributed by atoms with Crippen LogP contribution in [-0.2, 0) is 0 Å². The van der Waals surface area contributed by atoms with Crippen LogP contribution in [0.5, 0.6) is 0 Å². The lowest BCUT2D eigenvalue weighted by Crippen LogP contribution is -2.18. The minimum atomic E-state index is 0.616. The molecule has 0 fully saturated rings. The first kappa shape index (κ1) is 16.0. The van der Waals surface area contributed by atoms with Crippen LogP contribution in [0.15, 0.2) is 60.7 Å². The number of nitrogens with one attached hydrogen (secondary N) is 1. The largest absolute Gasteiger partial charge is 0.326 e. The average Bonchev–Trinajstić information content (AvgIpc) is 2.56. The first-order valence-electron chi connectivity index (χ1n) is 8.17. The Kier molecular flexibility index (Phi) is 4.75. The molecule has 0 atom stereocenters. The summed E-state index contributed by atoms with van der Waals surface area (Å²) in [4.78, 5) is 11.4. The number of hydrogen-bond acceptors (Lipinski definition) is 4. The van der Waals surface area contributed by atoms with Gasteiger partial charge in [-0.05, 0) is 50.6 Å². The predicted octanol–water partition coefficient (Wildman–Crippen LogP) is 5.00. The summed E-state index contributed by atoms with van der Waals surface area (Å²) in [5.74, 6) is 1.51. The van der Waals surface area contributed by atoms with Gasteiger partial charge in [-0.1, -0.05) is 30.3 Å². The quantitative estimate of drug-likeness (QED) is 0.719. The number of aryl methyl sites for hydroxylation is 2. The zero-order valence-corrected chi connectivity index (χ0v) is 14.3. The summed E-state index contributed by atoms with van der Waals surface area (Å²) in [5.41, 5.74) is 4.26. The fourth-order valence-electron chi connectivity index (χ4n) is 2.68. The molecular formula is C20H22N4. The first-order valence-corrected chi connectivity index (χ1v) is 8.17. The van der Waals surface area contributed by atoms with Gasteiger partial charge in [0.2, 0.25) is 5.95 Å². The van der Waals surface area contributed by atoms with Gasteiger partial charge in [-0.3, -0.25) is 0 Å². The fourth-order valence-corrected chi connectivity index (χ4v) is 2.68. The molecule has 0 saturated carbocycles. The molecule has 4 heteroatoms. The molecule has 0 radical (unpaired) electrons. The van der Waals surface area contributed by atoms with E-state index in [0.29, 0.717) is 5.95 Å². The van der Waals surface area contributed by atoms with Gasteiger partial charge in [0, 0.05) is 29.7 Å². The van der Waals surface area contributed by atoms with E-state index >= 15 is 0 Å². The standard InChI is InChI=1S/C20H22N4/c1-4-24(18-11-6-5-7-12-18)19-14-16(3)21-20(23-19)22-17-10-8-9-15(2)13-17/h5-14H,4H2,1-3H3,(H,21,22,23). The van der Waals surface area contributed by atoms with Crippen LogP contribution in [0, 0.1) is 13.8 Å². The number of nitrogens with zero attached hydrogens (tertiary/aromatic N) is 3. The molecule has 1 aromatic heterocycles. The molecular weight excluding hydrogens is 296 g/mol. The van der Waals surface area contributed by atoms with Crippen LogP contribution in [0.25, 0.3) is 0 Å². The number of aromatic nitrogens is 2. The Morgan fingerprint density at radius 1 is 0.917 bits per heavy atom. The molecule has 3 aromatic rings. The van der Waals surface area contributed by atoms with E-state index in [1.807, 2.05) is 43.3 Å². The van der Waals surface area contributed by atoms with Crippen molar-refractivity contribution in [1.82, 2.24) is 9.97 Å². The summed E-state index contributed by atoms with van der Waals surface area (Å²) in [5, 5.41) is 3.31. The molecule has 3 rings (SSSR count). The predicted molar refractivity (Wildman–Crippen MR) is 100 cm³/mol. The second-order valence-electron chi connectivity index (χ2n) is 5.77. The van der Waals surface area contributed by atoms with Crippen LogP contribution in [0.3, 0.4) is 0 Å². The minimum absolute atomic E-state index is 0.616. The second kappa shape index (κ2) is 7.13. The van der Waals surface area contributed by atoms with Gasteiger partial charge >= 0.3 is 0 Å². The Morgan fingerprint density at radius 2 is 1.71 bits per heavy atom. The molecule has 0 aliphatic carbocycles. The molecule has 0 unspecified atom stereocenters. The molecule has 4 nitrogen and oxygen atoms in total. The summed E-state index contributed by atoms with van der Waals surface area (Å²) in [7, 11) is 0. The Labute approximate surface area is 143 Å². The topological polar surface area (TPSA) is 41.1 Å². The van der Waals surface area contributed by atoms with Crippen molar-refractivity contribution in [1.29, 1.82) is 0 Å². The molecule has 0 bridgehead atoms. The van der Waals surface area contributed by atoms with E-state index in [4.69, 9.17) is 4.98 Å². The molecule has 0 aliphatic heterocycles. The van der Waals surface area contributed by atoms with Crippen LogP contribution >= 0.6 is 0 Å². The van der Waals surface area contributed by atoms with Gasteiger partial charge < -0.3 is 10.2 Å². The van der Waals surface area contributed by atoms with Gasteiger partial charge in [-0.25, -0.2) is 4.98 Å². The van der Waals surface area contributed by atoms with Crippen molar-refractivity contribution >= 4 is 23.1 Å². The highest BCUT2D eigenvalue weighted by Crippen LogP contribution is 2.25. The van der Waals surface area contributed by atoms with Crippen molar-refractivity contribution in [2.75, 3.05) is 16.8 Å². The molecule has 1 N–H and O–H groups in total. The Hall–Kier alpha value is -2.88. The summed E-state index contributed by atoms with van der Waals surface area (Å²) >= 11 is 0. The lowest BCUT2D eigenvalue weighted by Gasteiger charge is -2.23. The van der Waals surface area contributed by atoms with E-state index in [9.17, 15) is 0 Å². The van der Waals surface area contributed by atoms with Crippen molar-refractivity contribution in [3.63, 3.8) is 0 Å². The highest BCUT2D eigenvalue weighted by molar-refractivity contribution is 5.62. The molecule has 0 saturated heterocycles. The van der Waals surface area contributed by atoms with E-state index in [1.165, 1.54) is 5.56 Å². The van der Waals surface area contributed by atoms with Crippen LogP contribution in [0.2, 0.25) is 0 Å². The van der Waals surface area contributed by atoms with E-state index in [1.54, 1.807) is 0 Å². The van der Waals surface area contributed by atoms with E-state index in [0.717, 1.165) is 29.4 Å². The van der Waals surface area contributed by atoms with E-state index < -0.39 is 0 Å². The number of para-hydroxylation sites is 1. The lowest BCUT2D eigenvalue weighted by molar-refractivity contribution is 0.969. The number of anilines is 4. The van der Waals surface area contributed by atoms with Crippen LogP contribution in [0.1, 0.15) is 18.2 Å².